The van der Waals surface area contributed by atoms with Gasteiger partial charge in [0.05, 0.1) is 5.70 Å². The van der Waals surface area contributed by atoms with Crippen molar-refractivity contribution >= 4 is 17.8 Å². The third kappa shape index (κ3) is 13.2. The number of rotatable bonds is 9. The smallest absolute Gasteiger partial charge is 0.136 e. The van der Waals surface area contributed by atoms with E-state index in [1.807, 2.05) is 46.0 Å². The van der Waals surface area contributed by atoms with Gasteiger partial charge in [-0.3, -0.25) is 0 Å². The molecule has 1 aliphatic heterocycles. The van der Waals surface area contributed by atoms with E-state index in [1.165, 1.54) is 36.1 Å². The lowest BCUT2D eigenvalue weighted by Gasteiger charge is -2.35. The number of allylic oxidation sites excluding steroid dienone is 1. The van der Waals surface area contributed by atoms with Gasteiger partial charge in [0, 0.05) is 37.9 Å². The van der Waals surface area contributed by atoms with Gasteiger partial charge in [-0.2, -0.15) is 0 Å². The number of piperazine rings is 1. The van der Waals surface area contributed by atoms with Crippen LogP contribution in [0.25, 0.3) is 0 Å². The van der Waals surface area contributed by atoms with Crippen LogP contribution in [0, 0.1) is 12.7 Å². The molecule has 1 aliphatic carbocycles. The zero-order valence-corrected chi connectivity index (χ0v) is 26.9. The highest BCUT2D eigenvalue weighted by Crippen LogP contribution is 2.39. The fourth-order valence-electron chi connectivity index (χ4n) is 4.06. The molecule has 2 fully saturated rings. The average Bonchev–Trinajstić information content (AvgIpc) is 3.86. The van der Waals surface area contributed by atoms with Crippen LogP contribution in [-0.4, -0.2) is 47.5 Å². The van der Waals surface area contributed by atoms with Crippen LogP contribution in [0.1, 0.15) is 89.3 Å². The highest BCUT2D eigenvalue weighted by atomic mass is 32.2. The van der Waals surface area contributed by atoms with Crippen molar-refractivity contribution in [2.75, 3.05) is 32.4 Å². The fraction of sp³-hybridized carbons (Fsp3) is 0.500. The van der Waals surface area contributed by atoms with Gasteiger partial charge in [0.2, 0.25) is 0 Å². The number of benzene rings is 2. The van der Waals surface area contributed by atoms with Crippen molar-refractivity contribution in [1.82, 2.24) is 14.5 Å². The van der Waals surface area contributed by atoms with Gasteiger partial charge in [0.15, 0.2) is 0 Å². The second kappa shape index (κ2) is 21.2. The Balaban J connectivity index is 0.000000470. The lowest BCUT2D eigenvalue weighted by molar-refractivity contribution is 0.283. The molecule has 4 nitrogen and oxygen atoms in total. The number of amidine groups is 1. The normalized spacial score (nSPS) is 15.4. The van der Waals surface area contributed by atoms with Crippen LogP contribution in [0.5, 0.6) is 0 Å². The fourth-order valence-corrected chi connectivity index (χ4v) is 4.59. The van der Waals surface area contributed by atoms with Gasteiger partial charge in [0.25, 0.3) is 0 Å². The van der Waals surface area contributed by atoms with Crippen LogP contribution in [0.15, 0.2) is 78.2 Å². The maximum Gasteiger partial charge on any atom is 0.136 e. The van der Waals surface area contributed by atoms with Crippen molar-refractivity contribution in [2.24, 2.45) is 4.99 Å². The third-order valence-electron chi connectivity index (χ3n) is 6.43. The second-order valence-electron chi connectivity index (χ2n) is 9.34. The lowest BCUT2D eigenvalue weighted by Crippen LogP contribution is -2.46. The van der Waals surface area contributed by atoms with Crippen LogP contribution in [0.2, 0.25) is 0 Å². The van der Waals surface area contributed by atoms with Gasteiger partial charge >= 0.3 is 0 Å². The van der Waals surface area contributed by atoms with Gasteiger partial charge in [-0.15, -0.1) is 0 Å². The molecule has 1 N–H and O–H groups in total. The summed E-state index contributed by atoms with van der Waals surface area (Å²) in [4.78, 5) is 7.27. The Labute approximate surface area is 249 Å². The number of hydrogen-bond donors (Lipinski definition) is 1. The topological polar surface area (TPSA) is 30.9 Å². The number of halogens is 1. The van der Waals surface area contributed by atoms with E-state index in [0.29, 0.717) is 0 Å². The number of aryl methyl sites for hydroxylation is 1. The molecule has 0 atom stereocenters. The summed E-state index contributed by atoms with van der Waals surface area (Å²) in [6, 6.07) is 15.5. The molecule has 0 amide bonds. The molecule has 0 spiro atoms. The Morgan fingerprint density at radius 2 is 1.60 bits per heavy atom. The minimum Gasteiger partial charge on any atom is -0.367 e. The van der Waals surface area contributed by atoms with E-state index in [4.69, 9.17) is 4.99 Å². The van der Waals surface area contributed by atoms with E-state index in [0.717, 1.165) is 68.5 Å². The maximum absolute atomic E-state index is 13.4. The van der Waals surface area contributed by atoms with E-state index in [1.54, 1.807) is 18.1 Å². The highest BCUT2D eigenvalue weighted by molar-refractivity contribution is 7.96. The van der Waals surface area contributed by atoms with Crippen molar-refractivity contribution in [2.45, 2.75) is 79.6 Å². The zero-order chi connectivity index (χ0) is 29.8. The lowest BCUT2D eigenvalue weighted by atomic mass is 10.1. The van der Waals surface area contributed by atoms with Gasteiger partial charge in [-0.25, -0.2) is 13.7 Å². The first kappa shape index (κ1) is 35.5. The predicted molar refractivity (Wildman–Crippen MR) is 176 cm³/mol. The predicted octanol–water partition coefficient (Wildman–Crippen LogP) is 9.16. The van der Waals surface area contributed by atoms with Gasteiger partial charge in [-0.1, -0.05) is 89.4 Å². The monoisotopic (exact) mass is 568 g/mol. The first-order valence-corrected chi connectivity index (χ1v) is 16.2. The van der Waals surface area contributed by atoms with Crippen LogP contribution in [0.4, 0.5) is 4.39 Å². The molecule has 1 saturated carbocycles. The molecule has 0 aromatic heterocycles. The molecule has 2 aromatic carbocycles. The van der Waals surface area contributed by atoms with Crippen LogP contribution < -0.4 is 5.32 Å². The molecule has 222 valence electrons. The molecule has 40 heavy (non-hydrogen) atoms. The van der Waals surface area contributed by atoms with E-state index in [9.17, 15) is 4.39 Å². The van der Waals surface area contributed by atoms with Crippen LogP contribution >= 0.6 is 11.9 Å². The molecular weight excluding hydrogens is 515 g/mol. The molecule has 2 aliphatic rings. The van der Waals surface area contributed by atoms with Crippen molar-refractivity contribution in [3.05, 3.63) is 95.7 Å². The molecule has 6 heteroatoms. The molecule has 0 radical (unpaired) electrons. The molecule has 1 heterocycles. The summed E-state index contributed by atoms with van der Waals surface area (Å²) in [5.74, 6) is 1.59. The number of aliphatic imine (C=N–C) groups is 1. The molecule has 2 aromatic rings. The first-order chi connectivity index (χ1) is 19.5. The summed E-state index contributed by atoms with van der Waals surface area (Å²) in [5.41, 5.74) is 4.83. The molecule has 0 bridgehead atoms. The summed E-state index contributed by atoms with van der Waals surface area (Å²) < 4.78 is 15.7. The van der Waals surface area contributed by atoms with Gasteiger partial charge < -0.3 is 10.2 Å². The van der Waals surface area contributed by atoms with E-state index in [2.05, 4.69) is 65.5 Å². The maximum atomic E-state index is 13.4. The quantitative estimate of drug-likeness (QED) is 0.186. The minimum absolute atomic E-state index is 0.227. The Kier molecular flexibility index (Phi) is 18.8. The summed E-state index contributed by atoms with van der Waals surface area (Å²) in [6.07, 6.45) is 11.6. The van der Waals surface area contributed by atoms with E-state index >= 15 is 0 Å². The molecular formula is C34H53FN4S. The van der Waals surface area contributed by atoms with Crippen molar-refractivity contribution in [3.8, 4) is 0 Å². The highest BCUT2D eigenvalue weighted by Gasteiger charge is 2.23. The Morgan fingerprint density at radius 3 is 2.10 bits per heavy atom. The summed E-state index contributed by atoms with van der Waals surface area (Å²) >= 11 is 1.78. The van der Waals surface area contributed by atoms with Crippen molar-refractivity contribution in [3.63, 3.8) is 0 Å². The van der Waals surface area contributed by atoms with Crippen LogP contribution in [0.3, 0.4) is 0 Å². The summed E-state index contributed by atoms with van der Waals surface area (Å²) in [7, 11) is 0. The molecule has 0 unspecified atom stereocenters. The summed E-state index contributed by atoms with van der Waals surface area (Å²) in [6.45, 7) is 19.8. The Bertz CT molecular complexity index is 990. The SMILES string of the molecule is C=CN/C=C(/CCCC)N=C(c1ccc(F)cc1)N1CCN(SC)CC1.CC.CC.Cc1ccc(C2CC2)cc1. The number of nitrogens with one attached hydrogen (secondary N) is 1. The van der Waals surface area contributed by atoms with Crippen molar-refractivity contribution in [1.29, 1.82) is 0 Å². The zero-order valence-electron chi connectivity index (χ0n) is 26.0. The number of unbranched alkanes of at least 4 members (excludes halogenated alkanes) is 1. The minimum atomic E-state index is -0.227. The van der Waals surface area contributed by atoms with Gasteiger partial charge in [-0.05, 0) is 80.8 Å². The standard InChI is InChI=1S/C20H29FN4S.C10H12.2C2H6/c1-4-6-7-19(16-22-5-2)23-20(17-8-10-18(21)11-9-17)24-12-14-25(26-3)15-13-24;1-8-2-4-9(5-3-8)10-6-7-10;2*1-2/h5,8-11,16,22H,2,4,6-7,12-15H2,1,3H3;2-5,10H,6-7H2,1H3;2*1-2H3/b19-16-,23-20?;;;. The first-order valence-electron chi connectivity index (χ1n) is 15.0. The largest absolute Gasteiger partial charge is 0.367 e. The Morgan fingerprint density at radius 1 is 1.00 bits per heavy atom. The van der Waals surface area contributed by atoms with E-state index < -0.39 is 0 Å². The Hall–Kier alpha value is -2.57. The average molecular weight is 569 g/mol. The molecule has 1 saturated heterocycles. The summed E-state index contributed by atoms with van der Waals surface area (Å²) in [5, 5.41) is 3.05. The number of nitrogens with zero attached hydrogens (tertiary/aromatic N) is 3. The van der Waals surface area contributed by atoms with Gasteiger partial charge in [0.1, 0.15) is 11.7 Å². The molecule has 4 rings (SSSR count). The van der Waals surface area contributed by atoms with Crippen LogP contribution in [-0.2, 0) is 0 Å². The second-order valence-corrected chi connectivity index (χ2v) is 10.2. The number of hydrogen-bond acceptors (Lipinski definition) is 4. The van der Waals surface area contributed by atoms with Crippen molar-refractivity contribution < 1.29 is 4.39 Å². The third-order valence-corrected chi connectivity index (χ3v) is 7.31. The van der Waals surface area contributed by atoms with E-state index in [-0.39, 0.29) is 5.82 Å².